The number of hydrogen-bond acceptors (Lipinski definition) is 6. The molecule has 1 fully saturated rings. The van der Waals surface area contributed by atoms with Crippen molar-refractivity contribution in [2.75, 3.05) is 47.5 Å². The largest absolute Gasteiger partial charge is 0.496 e. The molecule has 2 aromatic carbocycles. The lowest BCUT2D eigenvalue weighted by molar-refractivity contribution is 0.0924. The van der Waals surface area contributed by atoms with E-state index in [4.69, 9.17) is 9.47 Å². The number of benzene rings is 2. The summed E-state index contributed by atoms with van der Waals surface area (Å²) in [5, 5.41) is 4.78. The van der Waals surface area contributed by atoms with Crippen LogP contribution in [0.25, 0.3) is 0 Å². The number of nitrogens with zero attached hydrogens (tertiary/aromatic N) is 1. The summed E-state index contributed by atoms with van der Waals surface area (Å²) >= 11 is 0. The zero-order valence-corrected chi connectivity index (χ0v) is 21.2. The van der Waals surface area contributed by atoms with Gasteiger partial charge in [-0.1, -0.05) is 24.3 Å². The van der Waals surface area contributed by atoms with Crippen LogP contribution < -0.4 is 15.4 Å². The van der Waals surface area contributed by atoms with Crippen LogP contribution in [0.4, 0.5) is 4.39 Å². The summed E-state index contributed by atoms with van der Waals surface area (Å²) in [5.41, 5.74) is -0.310. The van der Waals surface area contributed by atoms with Gasteiger partial charge in [0.2, 0.25) is 10.0 Å². The van der Waals surface area contributed by atoms with E-state index in [0.29, 0.717) is 43.7 Å². The summed E-state index contributed by atoms with van der Waals surface area (Å²) in [7, 11) is 0.303. The highest BCUT2D eigenvalue weighted by atomic mass is 32.2. The van der Waals surface area contributed by atoms with E-state index in [-0.39, 0.29) is 18.7 Å². The van der Waals surface area contributed by atoms with Gasteiger partial charge in [0.25, 0.3) is 5.91 Å². The number of hydrogen-bond donors (Lipinski definition) is 2. The van der Waals surface area contributed by atoms with E-state index in [1.807, 2.05) is 0 Å². The van der Waals surface area contributed by atoms with Gasteiger partial charge in [-0.05, 0) is 62.2 Å². The molecule has 0 aliphatic carbocycles. The predicted molar refractivity (Wildman–Crippen MR) is 132 cm³/mol. The van der Waals surface area contributed by atoms with Crippen molar-refractivity contribution in [3.05, 3.63) is 65.5 Å². The number of sulfonamides is 1. The molecule has 3 rings (SSSR count). The lowest BCUT2D eigenvalue weighted by Gasteiger charge is -2.42. The number of carbonyl (C=O) groups excluding carboxylic acids is 1. The second-order valence-electron chi connectivity index (χ2n) is 8.68. The fraction of sp³-hybridized carbons (Fsp3) is 0.480. The summed E-state index contributed by atoms with van der Waals surface area (Å²) in [6.07, 6.45) is 1.50. The first-order valence-electron chi connectivity index (χ1n) is 11.6. The molecule has 1 heterocycles. The summed E-state index contributed by atoms with van der Waals surface area (Å²) in [4.78, 5) is 13.5. The SMILES string of the molecule is COCCN(C)S(=O)(=O)C(NC(=O)c1ccccc1OC)C1(c2cccc(F)c2)CCCNCC1. The van der Waals surface area contributed by atoms with Gasteiger partial charge in [0, 0.05) is 26.1 Å². The zero-order chi connectivity index (χ0) is 25.5. The number of likely N-dealkylation sites (N-methyl/N-ethyl adjacent to an activating group) is 1. The Morgan fingerprint density at radius 2 is 1.94 bits per heavy atom. The molecule has 1 aliphatic rings. The van der Waals surface area contributed by atoms with E-state index in [0.717, 1.165) is 0 Å². The van der Waals surface area contributed by atoms with Crippen molar-refractivity contribution < 1.29 is 27.1 Å². The molecule has 1 saturated heterocycles. The molecule has 2 atom stereocenters. The van der Waals surface area contributed by atoms with Crippen LogP contribution >= 0.6 is 0 Å². The van der Waals surface area contributed by atoms with Gasteiger partial charge in [0.05, 0.1) is 19.3 Å². The van der Waals surface area contributed by atoms with Crippen LogP contribution in [0.2, 0.25) is 0 Å². The van der Waals surface area contributed by atoms with E-state index in [1.165, 1.54) is 37.7 Å². The minimum absolute atomic E-state index is 0.108. The molecule has 0 aromatic heterocycles. The van der Waals surface area contributed by atoms with Crippen molar-refractivity contribution in [1.82, 2.24) is 14.9 Å². The lowest BCUT2D eigenvalue weighted by atomic mass is 9.74. The molecule has 0 spiro atoms. The van der Waals surface area contributed by atoms with Crippen molar-refractivity contribution in [3.63, 3.8) is 0 Å². The number of ether oxygens (including phenoxy) is 2. The Balaban J connectivity index is 2.16. The van der Waals surface area contributed by atoms with E-state index in [2.05, 4.69) is 10.6 Å². The van der Waals surface area contributed by atoms with Gasteiger partial charge in [0.15, 0.2) is 5.37 Å². The van der Waals surface area contributed by atoms with Gasteiger partial charge in [-0.2, -0.15) is 0 Å². The molecule has 2 aromatic rings. The fourth-order valence-electron chi connectivity index (χ4n) is 4.64. The van der Waals surface area contributed by atoms with Crippen LogP contribution in [-0.2, 0) is 20.2 Å². The van der Waals surface area contributed by atoms with Crippen LogP contribution in [0.5, 0.6) is 5.75 Å². The molecule has 2 N–H and O–H groups in total. The van der Waals surface area contributed by atoms with E-state index in [1.54, 1.807) is 36.4 Å². The number of carbonyl (C=O) groups is 1. The van der Waals surface area contributed by atoms with Crippen LogP contribution in [-0.4, -0.2) is 71.5 Å². The Morgan fingerprint density at radius 3 is 2.66 bits per heavy atom. The highest BCUT2D eigenvalue weighted by Crippen LogP contribution is 2.41. The molecular formula is C25H34FN3O5S. The predicted octanol–water partition coefficient (Wildman–Crippen LogP) is 2.51. The molecule has 192 valence electrons. The third-order valence-corrected chi connectivity index (χ3v) is 8.80. The number of nitrogens with one attached hydrogen (secondary N) is 2. The monoisotopic (exact) mass is 507 g/mol. The van der Waals surface area contributed by atoms with Crippen molar-refractivity contribution in [2.24, 2.45) is 0 Å². The van der Waals surface area contributed by atoms with E-state index in [9.17, 15) is 17.6 Å². The molecule has 0 saturated carbocycles. The van der Waals surface area contributed by atoms with Crippen LogP contribution in [0, 0.1) is 5.82 Å². The first-order chi connectivity index (χ1) is 16.8. The summed E-state index contributed by atoms with van der Waals surface area (Å²) < 4.78 is 54.1. The maximum absolute atomic E-state index is 14.4. The number of amides is 1. The second kappa shape index (κ2) is 11.9. The maximum Gasteiger partial charge on any atom is 0.256 e. The van der Waals surface area contributed by atoms with Gasteiger partial charge < -0.3 is 20.1 Å². The minimum atomic E-state index is -4.10. The molecule has 8 nitrogen and oxygen atoms in total. The molecule has 0 radical (unpaired) electrons. The molecule has 2 unspecified atom stereocenters. The van der Waals surface area contributed by atoms with Gasteiger partial charge in [-0.3, -0.25) is 4.79 Å². The number of para-hydroxylation sites is 1. The first-order valence-corrected chi connectivity index (χ1v) is 13.1. The van der Waals surface area contributed by atoms with Gasteiger partial charge in [-0.15, -0.1) is 0 Å². The Morgan fingerprint density at radius 1 is 1.17 bits per heavy atom. The Labute approximate surface area is 206 Å². The van der Waals surface area contributed by atoms with Crippen molar-refractivity contribution in [1.29, 1.82) is 0 Å². The van der Waals surface area contributed by atoms with Crippen LogP contribution in [0.15, 0.2) is 48.5 Å². The number of methoxy groups -OCH3 is 2. The minimum Gasteiger partial charge on any atom is -0.496 e. The van der Waals surface area contributed by atoms with Crippen molar-refractivity contribution in [2.45, 2.75) is 30.1 Å². The Bertz CT molecular complexity index is 1100. The van der Waals surface area contributed by atoms with Crippen molar-refractivity contribution >= 4 is 15.9 Å². The molecule has 0 bridgehead atoms. The third-order valence-electron chi connectivity index (χ3n) is 6.58. The summed E-state index contributed by atoms with van der Waals surface area (Å²) in [6.45, 7) is 1.52. The van der Waals surface area contributed by atoms with Gasteiger partial charge in [-0.25, -0.2) is 17.1 Å². The van der Waals surface area contributed by atoms with Gasteiger partial charge >= 0.3 is 0 Å². The summed E-state index contributed by atoms with van der Waals surface area (Å²) in [5.74, 6) is -0.709. The molecule has 1 amide bonds. The smallest absolute Gasteiger partial charge is 0.256 e. The fourth-order valence-corrected chi connectivity index (χ4v) is 6.53. The van der Waals surface area contributed by atoms with E-state index >= 15 is 0 Å². The highest BCUT2D eigenvalue weighted by molar-refractivity contribution is 7.89. The number of rotatable bonds is 10. The topological polar surface area (TPSA) is 97.0 Å². The second-order valence-corrected chi connectivity index (χ2v) is 10.8. The summed E-state index contributed by atoms with van der Waals surface area (Å²) in [6, 6.07) is 12.6. The highest BCUT2D eigenvalue weighted by Gasteiger charge is 2.50. The average molecular weight is 508 g/mol. The first kappa shape index (κ1) is 27.1. The zero-order valence-electron chi connectivity index (χ0n) is 20.4. The third kappa shape index (κ3) is 6.00. The quantitative estimate of drug-likeness (QED) is 0.513. The van der Waals surface area contributed by atoms with E-state index < -0.39 is 32.5 Å². The Kier molecular flexibility index (Phi) is 9.23. The van der Waals surface area contributed by atoms with Gasteiger partial charge in [0.1, 0.15) is 11.6 Å². The maximum atomic E-state index is 14.4. The number of halogens is 1. The molecule has 35 heavy (non-hydrogen) atoms. The normalized spacial score (nSPS) is 19.7. The van der Waals surface area contributed by atoms with Crippen molar-refractivity contribution in [3.8, 4) is 5.75 Å². The molecule has 10 heteroatoms. The Hall–Kier alpha value is -2.53. The molecular weight excluding hydrogens is 473 g/mol. The standard InChI is InChI=1S/C25H34FN3O5S/c1-29(16-17-33-2)35(31,32)24(28-23(30)21-10-4-5-11-22(21)34-3)25(12-7-14-27-15-13-25)19-8-6-9-20(26)18-19/h4-6,8-11,18,24,27H,7,12-17H2,1-3H3,(H,28,30). The van der Waals surface area contributed by atoms with Crippen LogP contribution in [0.3, 0.4) is 0 Å². The molecule has 1 aliphatic heterocycles. The van der Waals surface area contributed by atoms with Crippen LogP contribution in [0.1, 0.15) is 35.2 Å². The average Bonchev–Trinajstić information content (AvgIpc) is 3.12. The lowest BCUT2D eigenvalue weighted by Crippen LogP contribution is -2.59.